The number of hydrogen-bond donors (Lipinski definition) is 1. The highest BCUT2D eigenvalue weighted by Gasteiger charge is 2.09. The van der Waals surface area contributed by atoms with Gasteiger partial charge in [-0.05, 0) is 59.4 Å². The van der Waals surface area contributed by atoms with Crippen molar-refractivity contribution in [3.8, 4) is 11.1 Å². The number of nitrogens with one attached hydrogen (secondary N) is 1. The third-order valence-electron chi connectivity index (χ3n) is 5.25. The largest absolute Gasteiger partial charge is 0.369 e. The van der Waals surface area contributed by atoms with Crippen molar-refractivity contribution in [3.05, 3.63) is 89.7 Å². The molecule has 1 aliphatic rings. The smallest absolute Gasteiger partial charge is 0.123 e. The number of aryl methyl sites for hydroxylation is 2. The van der Waals surface area contributed by atoms with Crippen LogP contribution in [0, 0.1) is 5.82 Å². The third kappa shape index (κ3) is 4.55. The average molecular weight is 360 g/mol. The Kier molecular flexibility index (Phi) is 5.50. The number of hydrogen-bond acceptors (Lipinski definition) is 2. The second-order valence-corrected chi connectivity index (χ2v) is 7.11. The maximum absolute atomic E-state index is 13.1. The topological polar surface area (TPSA) is 15.3 Å². The van der Waals surface area contributed by atoms with E-state index in [2.05, 4.69) is 58.7 Å². The molecule has 1 heterocycles. The molecule has 0 aliphatic carbocycles. The van der Waals surface area contributed by atoms with Crippen LogP contribution in [0.1, 0.15) is 11.1 Å². The molecule has 0 bridgehead atoms. The Morgan fingerprint density at radius 2 is 1.15 bits per heavy atom. The number of piperazine rings is 1. The molecule has 4 rings (SSSR count). The van der Waals surface area contributed by atoms with Gasteiger partial charge in [-0.15, -0.1) is 0 Å². The Labute approximate surface area is 160 Å². The van der Waals surface area contributed by atoms with Crippen LogP contribution in [0.2, 0.25) is 0 Å². The number of benzene rings is 3. The second kappa shape index (κ2) is 8.36. The van der Waals surface area contributed by atoms with Gasteiger partial charge in [-0.1, -0.05) is 48.5 Å². The van der Waals surface area contributed by atoms with Crippen LogP contribution in [0.4, 0.5) is 10.1 Å². The molecule has 1 aliphatic heterocycles. The van der Waals surface area contributed by atoms with Gasteiger partial charge in [0.25, 0.3) is 0 Å². The Bertz CT molecular complexity index is 848. The first-order valence-electron chi connectivity index (χ1n) is 9.67. The van der Waals surface area contributed by atoms with Gasteiger partial charge in [0.1, 0.15) is 5.82 Å². The van der Waals surface area contributed by atoms with Crippen molar-refractivity contribution in [2.45, 2.75) is 12.8 Å². The fourth-order valence-electron chi connectivity index (χ4n) is 3.59. The quantitative estimate of drug-likeness (QED) is 0.710. The van der Waals surface area contributed by atoms with Gasteiger partial charge in [0, 0.05) is 31.9 Å². The van der Waals surface area contributed by atoms with Crippen LogP contribution in [-0.4, -0.2) is 26.2 Å². The van der Waals surface area contributed by atoms with Crippen LogP contribution in [0.25, 0.3) is 11.1 Å². The summed E-state index contributed by atoms with van der Waals surface area (Å²) in [5.74, 6) is -0.196. The van der Waals surface area contributed by atoms with E-state index >= 15 is 0 Å². The van der Waals surface area contributed by atoms with E-state index in [0.717, 1.165) is 50.1 Å². The Hall–Kier alpha value is -2.65. The van der Waals surface area contributed by atoms with Crippen molar-refractivity contribution in [3.63, 3.8) is 0 Å². The summed E-state index contributed by atoms with van der Waals surface area (Å²) in [6, 6.07) is 24.3. The van der Waals surface area contributed by atoms with E-state index in [4.69, 9.17) is 0 Å². The van der Waals surface area contributed by atoms with Crippen molar-refractivity contribution in [1.82, 2.24) is 5.32 Å². The molecule has 3 aromatic carbocycles. The second-order valence-electron chi connectivity index (χ2n) is 7.11. The van der Waals surface area contributed by atoms with Gasteiger partial charge in [-0.3, -0.25) is 0 Å². The molecule has 27 heavy (non-hydrogen) atoms. The summed E-state index contributed by atoms with van der Waals surface area (Å²) in [7, 11) is 0. The van der Waals surface area contributed by atoms with E-state index in [0.29, 0.717) is 0 Å². The molecule has 138 valence electrons. The van der Waals surface area contributed by atoms with E-state index in [9.17, 15) is 4.39 Å². The summed E-state index contributed by atoms with van der Waals surface area (Å²) < 4.78 is 13.1. The van der Waals surface area contributed by atoms with E-state index < -0.39 is 0 Å². The molecule has 0 spiro atoms. The van der Waals surface area contributed by atoms with Crippen LogP contribution >= 0.6 is 0 Å². The van der Waals surface area contributed by atoms with Crippen molar-refractivity contribution < 1.29 is 4.39 Å². The van der Waals surface area contributed by atoms with E-state index in [1.807, 2.05) is 12.1 Å². The zero-order chi connectivity index (χ0) is 18.5. The lowest BCUT2D eigenvalue weighted by Gasteiger charge is -2.29. The first kappa shape index (κ1) is 17.7. The summed E-state index contributed by atoms with van der Waals surface area (Å²) in [6.07, 6.45) is 2.06. The minimum atomic E-state index is -0.196. The molecule has 0 saturated carbocycles. The number of nitrogens with zero attached hydrogens (tertiary/aromatic N) is 1. The Balaban J connectivity index is 1.35. The molecule has 0 radical (unpaired) electrons. The van der Waals surface area contributed by atoms with Gasteiger partial charge in [0.15, 0.2) is 0 Å². The van der Waals surface area contributed by atoms with Crippen LogP contribution in [0.3, 0.4) is 0 Å². The average Bonchev–Trinajstić information content (AvgIpc) is 2.74. The lowest BCUT2D eigenvalue weighted by Crippen LogP contribution is -2.43. The summed E-state index contributed by atoms with van der Waals surface area (Å²) in [5, 5.41) is 3.39. The monoisotopic (exact) mass is 360 g/mol. The van der Waals surface area contributed by atoms with Crippen LogP contribution < -0.4 is 10.2 Å². The number of anilines is 1. The standard InChI is InChI=1S/C24H25FN2/c25-23-11-9-22(10-12-23)21-7-3-19(4-8-21)1-2-20-5-13-24(14-6-20)27-17-15-26-16-18-27/h3-14,26H,1-2,15-18H2. The van der Waals surface area contributed by atoms with E-state index in [1.165, 1.54) is 28.9 Å². The summed E-state index contributed by atoms with van der Waals surface area (Å²) in [4.78, 5) is 2.44. The molecule has 0 atom stereocenters. The van der Waals surface area contributed by atoms with E-state index in [1.54, 1.807) is 0 Å². The SMILES string of the molecule is Fc1ccc(-c2ccc(CCc3ccc(N4CCNCC4)cc3)cc2)cc1. The minimum Gasteiger partial charge on any atom is -0.369 e. The lowest BCUT2D eigenvalue weighted by atomic mass is 10.00. The molecule has 0 amide bonds. The maximum Gasteiger partial charge on any atom is 0.123 e. The van der Waals surface area contributed by atoms with E-state index in [-0.39, 0.29) is 5.82 Å². The molecular formula is C24H25FN2. The maximum atomic E-state index is 13.1. The molecule has 1 fully saturated rings. The molecular weight excluding hydrogens is 335 g/mol. The molecule has 3 heteroatoms. The van der Waals surface area contributed by atoms with Crippen LogP contribution in [0.5, 0.6) is 0 Å². The molecule has 1 N–H and O–H groups in total. The number of halogens is 1. The highest BCUT2D eigenvalue weighted by atomic mass is 19.1. The van der Waals surface area contributed by atoms with Crippen LogP contribution in [0.15, 0.2) is 72.8 Å². The van der Waals surface area contributed by atoms with Crippen molar-refractivity contribution in [2.75, 3.05) is 31.1 Å². The summed E-state index contributed by atoms with van der Waals surface area (Å²) >= 11 is 0. The van der Waals surface area contributed by atoms with Gasteiger partial charge >= 0.3 is 0 Å². The van der Waals surface area contributed by atoms with Crippen molar-refractivity contribution in [1.29, 1.82) is 0 Å². The fourth-order valence-corrected chi connectivity index (χ4v) is 3.59. The zero-order valence-corrected chi connectivity index (χ0v) is 15.5. The predicted octanol–water partition coefficient (Wildman–Crippen LogP) is 4.69. The fraction of sp³-hybridized carbons (Fsp3) is 0.250. The molecule has 3 aromatic rings. The summed E-state index contributed by atoms with van der Waals surface area (Å²) in [6.45, 7) is 4.30. The normalized spacial score (nSPS) is 14.3. The predicted molar refractivity (Wildman–Crippen MR) is 111 cm³/mol. The highest BCUT2D eigenvalue weighted by Crippen LogP contribution is 2.21. The Morgan fingerprint density at radius 3 is 1.70 bits per heavy atom. The van der Waals surface area contributed by atoms with Gasteiger partial charge in [0.05, 0.1) is 0 Å². The molecule has 0 aromatic heterocycles. The molecule has 1 saturated heterocycles. The lowest BCUT2D eigenvalue weighted by molar-refractivity contribution is 0.589. The Morgan fingerprint density at radius 1 is 0.667 bits per heavy atom. The minimum absolute atomic E-state index is 0.196. The third-order valence-corrected chi connectivity index (χ3v) is 5.25. The molecule has 0 unspecified atom stereocenters. The zero-order valence-electron chi connectivity index (χ0n) is 15.5. The first-order chi connectivity index (χ1) is 13.3. The highest BCUT2D eigenvalue weighted by molar-refractivity contribution is 5.63. The van der Waals surface area contributed by atoms with Gasteiger partial charge < -0.3 is 10.2 Å². The van der Waals surface area contributed by atoms with Gasteiger partial charge in [-0.25, -0.2) is 4.39 Å². The van der Waals surface area contributed by atoms with Crippen molar-refractivity contribution >= 4 is 5.69 Å². The van der Waals surface area contributed by atoms with Crippen molar-refractivity contribution in [2.24, 2.45) is 0 Å². The first-order valence-corrected chi connectivity index (χ1v) is 9.67. The number of rotatable bonds is 5. The van der Waals surface area contributed by atoms with Crippen LogP contribution in [-0.2, 0) is 12.8 Å². The summed E-state index contributed by atoms with van der Waals surface area (Å²) in [5.41, 5.74) is 6.19. The van der Waals surface area contributed by atoms with Gasteiger partial charge in [0.2, 0.25) is 0 Å². The molecule has 2 nitrogen and oxygen atoms in total. The van der Waals surface area contributed by atoms with Gasteiger partial charge in [-0.2, -0.15) is 0 Å².